The van der Waals surface area contributed by atoms with E-state index in [4.69, 9.17) is 0 Å². The third-order valence-electron chi connectivity index (χ3n) is 5.14. The Bertz CT molecular complexity index is 1170. The zero-order valence-electron chi connectivity index (χ0n) is 19.3. The van der Waals surface area contributed by atoms with Crippen molar-refractivity contribution in [2.24, 2.45) is 0 Å². The Kier molecular flexibility index (Phi) is 8.08. The highest BCUT2D eigenvalue weighted by molar-refractivity contribution is 7.92. The summed E-state index contributed by atoms with van der Waals surface area (Å²) >= 11 is 0. The molecule has 2 aromatic rings. The first-order valence-corrected chi connectivity index (χ1v) is 13.4. The van der Waals surface area contributed by atoms with Gasteiger partial charge in [-0.1, -0.05) is 30.7 Å². The summed E-state index contributed by atoms with van der Waals surface area (Å²) in [6, 6.07) is 11.1. The van der Waals surface area contributed by atoms with E-state index < -0.39 is 32.5 Å². The molecule has 32 heavy (non-hydrogen) atoms. The van der Waals surface area contributed by atoms with Crippen LogP contribution in [-0.2, 0) is 24.8 Å². The zero-order chi connectivity index (χ0) is 24.3. The summed E-state index contributed by atoms with van der Waals surface area (Å²) < 4.78 is 51.3. The number of rotatable bonds is 9. The van der Waals surface area contributed by atoms with Gasteiger partial charge in [0.2, 0.25) is 26.0 Å². The summed E-state index contributed by atoms with van der Waals surface area (Å²) in [5.74, 6) is -0.452. The lowest BCUT2D eigenvalue weighted by atomic mass is 9.97. The fraction of sp³-hybridized carbons (Fsp3) is 0.409. The van der Waals surface area contributed by atoms with Crippen LogP contribution in [0.2, 0.25) is 0 Å². The van der Waals surface area contributed by atoms with Crippen LogP contribution in [0.25, 0.3) is 0 Å². The highest BCUT2D eigenvalue weighted by Crippen LogP contribution is 2.24. The Morgan fingerprint density at radius 3 is 2.06 bits per heavy atom. The minimum atomic E-state index is -3.79. The molecule has 1 atom stereocenters. The van der Waals surface area contributed by atoms with E-state index in [0.717, 1.165) is 31.6 Å². The van der Waals surface area contributed by atoms with Gasteiger partial charge in [-0.2, -0.15) is 0 Å². The van der Waals surface area contributed by atoms with Gasteiger partial charge in [-0.25, -0.2) is 21.1 Å². The molecule has 0 aliphatic heterocycles. The second kappa shape index (κ2) is 10.0. The van der Waals surface area contributed by atoms with Crippen LogP contribution < -0.4 is 9.62 Å². The van der Waals surface area contributed by atoms with Gasteiger partial charge >= 0.3 is 0 Å². The number of anilines is 1. The number of nitrogens with zero attached hydrogens (tertiary/aromatic N) is 2. The van der Waals surface area contributed by atoms with E-state index >= 15 is 0 Å². The molecule has 1 unspecified atom stereocenters. The molecule has 1 amide bonds. The molecule has 2 rings (SSSR count). The van der Waals surface area contributed by atoms with E-state index in [0.29, 0.717) is 6.42 Å². The van der Waals surface area contributed by atoms with Crippen LogP contribution in [0.3, 0.4) is 0 Å². The van der Waals surface area contributed by atoms with E-state index in [9.17, 15) is 21.6 Å². The average Bonchev–Trinajstić information content (AvgIpc) is 2.70. The van der Waals surface area contributed by atoms with Gasteiger partial charge in [0.15, 0.2) is 0 Å². The summed E-state index contributed by atoms with van der Waals surface area (Å²) in [4.78, 5) is 12.8. The molecule has 176 valence electrons. The fourth-order valence-electron chi connectivity index (χ4n) is 3.38. The monoisotopic (exact) mass is 481 g/mol. The van der Waals surface area contributed by atoms with E-state index in [1.54, 1.807) is 0 Å². The summed E-state index contributed by atoms with van der Waals surface area (Å²) in [5.41, 5.74) is 3.36. The van der Waals surface area contributed by atoms with Gasteiger partial charge in [-0.15, -0.1) is 0 Å². The van der Waals surface area contributed by atoms with E-state index in [1.165, 1.54) is 38.4 Å². The maximum Gasteiger partial charge on any atom is 0.242 e. The molecule has 0 fully saturated rings. The second-order valence-electron chi connectivity index (χ2n) is 7.94. The Morgan fingerprint density at radius 2 is 1.59 bits per heavy atom. The van der Waals surface area contributed by atoms with Gasteiger partial charge in [-0.05, 0) is 55.7 Å². The van der Waals surface area contributed by atoms with Crippen molar-refractivity contribution in [2.45, 2.75) is 38.1 Å². The number of sulfonamides is 2. The van der Waals surface area contributed by atoms with Crippen LogP contribution in [0.15, 0.2) is 47.4 Å². The lowest BCUT2D eigenvalue weighted by molar-refractivity contribution is -0.120. The molecule has 0 spiro atoms. The lowest BCUT2D eigenvalue weighted by Crippen LogP contribution is -2.41. The van der Waals surface area contributed by atoms with Crippen molar-refractivity contribution in [3.63, 3.8) is 0 Å². The topological polar surface area (TPSA) is 104 Å². The van der Waals surface area contributed by atoms with Gasteiger partial charge < -0.3 is 5.32 Å². The molecule has 8 nitrogen and oxygen atoms in total. The minimum absolute atomic E-state index is 0.0324. The molecule has 0 aliphatic carbocycles. The molecule has 0 heterocycles. The maximum atomic E-state index is 12.8. The van der Waals surface area contributed by atoms with Gasteiger partial charge in [0.25, 0.3) is 0 Å². The van der Waals surface area contributed by atoms with Crippen LogP contribution >= 0.6 is 0 Å². The largest absolute Gasteiger partial charge is 0.348 e. The summed E-state index contributed by atoms with van der Waals surface area (Å²) in [6.45, 7) is 5.50. The van der Waals surface area contributed by atoms with Crippen molar-refractivity contribution in [1.29, 1.82) is 0 Å². The van der Waals surface area contributed by atoms with Gasteiger partial charge in [0, 0.05) is 14.1 Å². The highest BCUT2D eigenvalue weighted by atomic mass is 32.2. The minimum Gasteiger partial charge on any atom is -0.348 e. The van der Waals surface area contributed by atoms with Crippen molar-refractivity contribution in [2.75, 3.05) is 31.2 Å². The SMILES string of the molecule is CCC(NC(=O)CN(c1ccc(S(=O)(=O)N(C)C)cc1)S(C)(=O)=O)c1ccc(C)cc1C. The Balaban J connectivity index is 2.27. The van der Waals surface area contributed by atoms with Crippen LogP contribution in [0.5, 0.6) is 0 Å². The average molecular weight is 482 g/mol. The number of benzene rings is 2. The Hall–Kier alpha value is -2.43. The summed E-state index contributed by atoms with van der Waals surface area (Å²) in [6.07, 6.45) is 1.65. The number of hydrogen-bond acceptors (Lipinski definition) is 5. The quantitative estimate of drug-likeness (QED) is 0.593. The predicted octanol–water partition coefficient (Wildman–Crippen LogP) is 2.59. The fourth-order valence-corrected chi connectivity index (χ4v) is 5.14. The van der Waals surface area contributed by atoms with Crippen LogP contribution in [0, 0.1) is 13.8 Å². The van der Waals surface area contributed by atoms with Crippen molar-refractivity contribution < 1.29 is 21.6 Å². The lowest BCUT2D eigenvalue weighted by Gasteiger charge is -2.25. The van der Waals surface area contributed by atoms with Crippen molar-refractivity contribution in [3.05, 3.63) is 59.2 Å². The van der Waals surface area contributed by atoms with Crippen molar-refractivity contribution in [1.82, 2.24) is 9.62 Å². The molecular weight excluding hydrogens is 450 g/mol. The first kappa shape index (κ1) is 25.8. The molecule has 0 saturated carbocycles. The van der Waals surface area contributed by atoms with E-state index in [1.807, 2.05) is 39.0 Å². The number of nitrogens with one attached hydrogen (secondary N) is 1. The van der Waals surface area contributed by atoms with Crippen LogP contribution in [-0.4, -0.2) is 53.9 Å². The second-order valence-corrected chi connectivity index (χ2v) is 12.0. The summed E-state index contributed by atoms with van der Waals surface area (Å²) in [7, 11) is -4.61. The molecule has 0 aliphatic rings. The van der Waals surface area contributed by atoms with Gasteiger partial charge in [0.05, 0.1) is 22.9 Å². The third-order valence-corrected chi connectivity index (χ3v) is 8.10. The van der Waals surface area contributed by atoms with Crippen LogP contribution in [0.4, 0.5) is 5.69 Å². The van der Waals surface area contributed by atoms with E-state index in [-0.39, 0.29) is 16.6 Å². The van der Waals surface area contributed by atoms with Crippen molar-refractivity contribution in [3.8, 4) is 0 Å². The standard InChI is InChI=1S/C22H31N3O5S2/c1-7-21(20-13-8-16(2)14-17(20)3)23-22(26)15-25(31(6,27)28)18-9-11-19(12-10-18)32(29,30)24(4)5/h8-14,21H,7,15H2,1-6H3,(H,23,26). The smallest absolute Gasteiger partial charge is 0.242 e. The molecule has 10 heteroatoms. The number of amides is 1. The number of carbonyl (C=O) groups is 1. The van der Waals surface area contributed by atoms with Crippen molar-refractivity contribution >= 4 is 31.6 Å². The Labute approximate surface area is 191 Å². The number of hydrogen-bond donors (Lipinski definition) is 1. The normalized spacial score (nSPS) is 13.1. The summed E-state index contributed by atoms with van der Waals surface area (Å²) in [5, 5.41) is 2.92. The molecule has 0 bridgehead atoms. The first-order chi connectivity index (χ1) is 14.8. The molecule has 0 radical (unpaired) electrons. The molecule has 1 N–H and O–H groups in total. The molecular formula is C22H31N3O5S2. The zero-order valence-corrected chi connectivity index (χ0v) is 20.9. The highest BCUT2D eigenvalue weighted by Gasteiger charge is 2.24. The third kappa shape index (κ3) is 6.08. The molecule has 0 saturated heterocycles. The van der Waals surface area contributed by atoms with E-state index in [2.05, 4.69) is 5.32 Å². The van der Waals surface area contributed by atoms with Crippen LogP contribution in [0.1, 0.15) is 36.1 Å². The predicted molar refractivity (Wildman–Crippen MR) is 127 cm³/mol. The number of aryl methyl sites for hydroxylation is 2. The maximum absolute atomic E-state index is 12.8. The Morgan fingerprint density at radius 1 is 1.00 bits per heavy atom. The van der Waals surface area contributed by atoms with Gasteiger partial charge in [-0.3, -0.25) is 9.10 Å². The molecule has 2 aromatic carbocycles. The number of carbonyl (C=O) groups excluding carboxylic acids is 1. The molecule has 0 aromatic heterocycles. The van der Waals surface area contributed by atoms with Gasteiger partial charge in [0.1, 0.15) is 6.54 Å². The first-order valence-electron chi connectivity index (χ1n) is 10.1.